The number of rotatable bonds is 6. The number of hydrogen-bond acceptors (Lipinski definition) is 6. The molecule has 0 N–H and O–H groups in total. The van der Waals surface area contributed by atoms with Crippen molar-refractivity contribution in [2.45, 2.75) is 12.8 Å². The molecular formula is C26H18N2O6. The first-order valence-corrected chi connectivity index (χ1v) is 10.6. The van der Waals surface area contributed by atoms with Crippen molar-refractivity contribution in [3.05, 3.63) is 84.9 Å². The van der Waals surface area contributed by atoms with Gasteiger partial charge in [0.1, 0.15) is 23.0 Å². The fourth-order valence-corrected chi connectivity index (χ4v) is 3.72. The van der Waals surface area contributed by atoms with Crippen molar-refractivity contribution in [3.8, 4) is 23.0 Å². The van der Waals surface area contributed by atoms with Gasteiger partial charge in [0.2, 0.25) is 11.8 Å². The molecule has 0 atom stereocenters. The van der Waals surface area contributed by atoms with Gasteiger partial charge in [-0.05, 0) is 60.7 Å². The van der Waals surface area contributed by atoms with Crippen molar-refractivity contribution < 1.29 is 28.7 Å². The van der Waals surface area contributed by atoms with E-state index in [0.717, 1.165) is 4.90 Å². The summed E-state index contributed by atoms with van der Waals surface area (Å²) >= 11 is 0. The summed E-state index contributed by atoms with van der Waals surface area (Å²) in [5, 5.41) is 0. The van der Waals surface area contributed by atoms with E-state index in [-0.39, 0.29) is 36.5 Å². The zero-order valence-electron chi connectivity index (χ0n) is 17.8. The van der Waals surface area contributed by atoms with Gasteiger partial charge in [-0.3, -0.25) is 24.1 Å². The quantitative estimate of drug-likeness (QED) is 0.514. The van der Waals surface area contributed by atoms with Gasteiger partial charge in [-0.15, -0.1) is 0 Å². The first-order chi connectivity index (χ1) is 16.5. The third-order valence-corrected chi connectivity index (χ3v) is 5.33. The van der Waals surface area contributed by atoms with Crippen LogP contribution in [0.3, 0.4) is 0 Å². The molecule has 8 heteroatoms. The average Bonchev–Trinajstić information content (AvgIpc) is 3.35. The molecule has 0 bridgehead atoms. The second kappa shape index (κ2) is 8.67. The maximum Gasteiger partial charge on any atom is 0.258 e. The minimum atomic E-state index is -0.379. The van der Waals surface area contributed by atoms with Crippen molar-refractivity contribution in [1.82, 2.24) is 0 Å². The van der Waals surface area contributed by atoms with Gasteiger partial charge in [0.05, 0.1) is 11.4 Å². The molecule has 3 aromatic carbocycles. The molecule has 1 fully saturated rings. The van der Waals surface area contributed by atoms with Crippen LogP contribution in [-0.2, 0) is 19.2 Å². The molecule has 0 saturated carbocycles. The number of imide groups is 2. The number of carbonyl (C=O) groups excluding carboxylic acids is 4. The Hall–Kier alpha value is -4.72. The van der Waals surface area contributed by atoms with Gasteiger partial charge < -0.3 is 9.47 Å². The van der Waals surface area contributed by atoms with E-state index in [1.807, 2.05) is 0 Å². The van der Waals surface area contributed by atoms with Crippen LogP contribution in [0.25, 0.3) is 0 Å². The Balaban J connectivity index is 1.25. The molecule has 0 unspecified atom stereocenters. The van der Waals surface area contributed by atoms with Gasteiger partial charge >= 0.3 is 0 Å². The van der Waals surface area contributed by atoms with E-state index in [0.29, 0.717) is 34.4 Å². The van der Waals surface area contributed by atoms with Crippen LogP contribution in [0.1, 0.15) is 12.8 Å². The van der Waals surface area contributed by atoms with Crippen molar-refractivity contribution in [1.29, 1.82) is 0 Å². The standard InChI is InChI=1S/C26H18N2O6/c29-23-12-13-24(30)27(23)17-4-8-19(9-5-17)33-21-2-1-3-22(16-21)34-20-10-6-18(7-11-20)28-25(31)14-15-26(28)32/h1-13,16H,14-15H2. The van der Waals surface area contributed by atoms with Crippen LogP contribution in [0.5, 0.6) is 23.0 Å². The van der Waals surface area contributed by atoms with Crippen LogP contribution in [0.4, 0.5) is 11.4 Å². The Morgan fingerprint density at radius 3 is 1.44 bits per heavy atom. The predicted octanol–water partition coefficient (Wildman–Crippen LogP) is 4.35. The first kappa shape index (κ1) is 21.1. The van der Waals surface area contributed by atoms with E-state index in [1.54, 1.807) is 72.8 Å². The predicted molar refractivity (Wildman–Crippen MR) is 123 cm³/mol. The summed E-state index contributed by atoms with van der Waals surface area (Å²) in [5.74, 6) is 0.971. The van der Waals surface area contributed by atoms with E-state index in [4.69, 9.17) is 9.47 Å². The summed E-state index contributed by atoms with van der Waals surface area (Å²) in [5.41, 5.74) is 0.985. The zero-order valence-corrected chi connectivity index (χ0v) is 17.8. The smallest absolute Gasteiger partial charge is 0.258 e. The third-order valence-electron chi connectivity index (χ3n) is 5.33. The summed E-state index contributed by atoms with van der Waals surface area (Å²) < 4.78 is 11.8. The Morgan fingerprint density at radius 1 is 0.529 bits per heavy atom. The highest BCUT2D eigenvalue weighted by molar-refractivity contribution is 6.28. The maximum absolute atomic E-state index is 11.9. The lowest BCUT2D eigenvalue weighted by molar-refractivity contribution is -0.122. The van der Waals surface area contributed by atoms with Crippen molar-refractivity contribution in [3.63, 3.8) is 0 Å². The van der Waals surface area contributed by atoms with Crippen LogP contribution in [-0.4, -0.2) is 23.6 Å². The molecule has 2 aliphatic heterocycles. The van der Waals surface area contributed by atoms with Gasteiger partial charge in [-0.25, -0.2) is 4.90 Å². The highest BCUT2D eigenvalue weighted by Gasteiger charge is 2.30. The van der Waals surface area contributed by atoms with Crippen LogP contribution in [0.2, 0.25) is 0 Å². The Kier molecular flexibility index (Phi) is 5.39. The van der Waals surface area contributed by atoms with E-state index >= 15 is 0 Å². The number of benzene rings is 3. The van der Waals surface area contributed by atoms with Crippen LogP contribution in [0.15, 0.2) is 84.9 Å². The molecule has 8 nitrogen and oxygen atoms in total. The SMILES string of the molecule is O=C1C=CC(=O)N1c1ccc(Oc2cccc(Oc3ccc(N4C(=O)CCC4=O)cc3)c2)cc1. The molecule has 0 spiro atoms. The molecule has 0 aromatic heterocycles. The maximum atomic E-state index is 11.9. The molecule has 1 saturated heterocycles. The zero-order chi connectivity index (χ0) is 23.7. The average molecular weight is 454 g/mol. The number of amides is 4. The van der Waals surface area contributed by atoms with Crippen LogP contribution in [0, 0.1) is 0 Å². The Bertz CT molecular complexity index is 1230. The summed E-state index contributed by atoms with van der Waals surface area (Å²) in [6.07, 6.45) is 2.94. The molecule has 168 valence electrons. The van der Waals surface area contributed by atoms with E-state index < -0.39 is 0 Å². The van der Waals surface area contributed by atoms with Gasteiger partial charge in [0.25, 0.3) is 11.8 Å². The summed E-state index contributed by atoms with van der Waals surface area (Å²) in [6.45, 7) is 0. The lowest BCUT2D eigenvalue weighted by Crippen LogP contribution is -2.29. The van der Waals surface area contributed by atoms with Crippen molar-refractivity contribution in [2.24, 2.45) is 0 Å². The molecule has 4 amide bonds. The fourth-order valence-electron chi connectivity index (χ4n) is 3.72. The van der Waals surface area contributed by atoms with Crippen molar-refractivity contribution >= 4 is 35.0 Å². The Labute approximate surface area is 194 Å². The number of anilines is 2. The second-order valence-corrected chi connectivity index (χ2v) is 7.63. The van der Waals surface area contributed by atoms with Gasteiger partial charge in [-0.1, -0.05) is 6.07 Å². The summed E-state index contributed by atoms with van der Waals surface area (Å²) in [4.78, 5) is 49.7. The van der Waals surface area contributed by atoms with Crippen LogP contribution < -0.4 is 19.3 Å². The molecular weight excluding hydrogens is 436 g/mol. The Morgan fingerprint density at radius 2 is 0.971 bits per heavy atom. The molecule has 34 heavy (non-hydrogen) atoms. The lowest BCUT2D eigenvalue weighted by Gasteiger charge is -2.15. The largest absolute Gasteiger partial charge is 0.457 e. The molecule has 5 rings (SSSR count). The minimum absolute atomic E-state index is 0.202. The number of hydrogen-bond donors (Lipinski definition) is 0. The van der Waals surface area contributed by atoms with Gasteiger partial charge in [0, 0.05) is 31.1 Å². The van der Waals surface area contributed by atoms with E-state index in [1.165, 1.54) is 17.1 Å². The molecule has 0 radical (unpaired) electrons. The van der Waals surface area contributed by atoms with Crippen molar-refractivity contribution in [2.75, 3.05) is 9.80 Å². The fraction of sp³-hybridized carbons (Fsp3) is 0.0769. The van der Waals surface area contributed by atoms with E-state index in [2.05, 4.69) is 0 Å². The lowest BCUT2D eigenvalue weighted by atomic mass is 10.2. The summed E-state index contributed by atoms with van der Waals surface area (Å²) in [6, 6.07) is 20.4. The van der Waals surface area contributed by atoms with Crippen LogP contribution >= 0.6 is 0 Å². The normalized spacial score (nSPS) is 15.4. The summed E-state index contributed by atoms with van der Waals surface area (Å²) in [7, 11) is 0. The molecule has 3 aromatic rings. The van der Waals surface area contributed by atoms with Gasteiger partial charge in [-0.2, -0.15) is 0 Å². The minimum Gasteiger partial charge on any atom is -0.457 e. The first-order valence-electron chi connectivity index (χ1n) is 10.6. The number of nitrogens with zero attached hydrogens (tertiary/aromatic N) is 2. The highest BCUT2D eigenvalue weighted by atomic mass is 16.5. The monoisotopic (exact) mass is 454 g/mol. The molecule has 2 heterocycles. The molecule has 0 aliphatic carbocycles. The second-order valence-electron chi connectivity index (χ2n) is 7.63. The third kappa shape index (κ3) is 4.16. The highest BCUT2D eigenvalue weighted by Crippen LogP contribution is 2.31. The topological polar surface area (TPSA) is 93.2 Å². The molecule has 2 aliphatic rings. The number of carbonyl (C=O) groups is 4. The van der Waals surface area contributed by atoms with E-state index in [9.17, 15) is 19.2 Å². The number of ether oxygens (including phenoxy) is 2. The van der Waals surface area contributed by atoms with Gasteiger partial charge in [0.15, 0.2) is 0 Å².